The smallest absolute Gasteiger partial charge is 0.243 e. The van der Waals surface area contributed by atoms with Crippen LogP contribution in [-0.2, 0) is 19.6 Å². The fraction of sp³-hybridized carbons (Fsp3) is 0.364. The van der Waals surface area contributed by atoms with E-state index in [2.05, 4.69) is 10.2 Å². The molecule has 170 valence electrons. The minimum absolute atomic E-state index is 0.0468. The Labute approximate surface area is 192 Å². The first-order valence-corrected chi connectivity index (χ1v) is 12.3. The zero-order chi connectivity index (χ0) is 22.7. The second-order valence-corrected chi connectivity index (χ2v) is 10.1. The summed E-state index contributed by atoms with van der Waals surface area (Å²) in [6, 6.07) is 14.7. The highest BCUT2D eigenvalue weighted by molar-refractivity contribution is 7.89. The highest BCUT2D eigenvalue weighted by Gasteiger charge is 2.40. The van der Waals surface area contributed by atoms with E-state index < -0.39 is 22.0 Å². The molecule has 2 aliphatic rings. The first-order valence-electron chi connectivity index (χ1n) is 10.5. The number of rotatable bonds is 5. The lowest BCUT2D eigenvalue weighted by Gasteiger charge is -2.38. The SMILES string of the molecule is O=C1NCCN(S(=O)(=O)c2ccc(Cl)cc2)[C@H]1CC(=O)N1CCN(c2ccccc2)CC1. The molecule has 32 heavy (non-hydrogen) atoms. The number of amides is 2. The van der Waals surface area contributed by atoms with Gasteiger partial charge in [0.2, 0.25) is 21.8 Å². The fourth-order valence-electron chi connectivity index (χ4n) is 4.07. The molecular formula is C22H25ClN4O4S. The summed E-state index contributed by atoms with van der Waals surface area (Å²) in [5.41, 5.74) is 1.10. The molecule has 4 rings (SSSR count). The van der Waals surface area contributed by atoms with Gasteiger partial charge in [0.15, 0.2) is 0 Å². The predicted octanol–water partition coefficient (Wildman–Crippen LogP) is 1.57. The molecule has 0 saturated carbocycles. The Morgan fingerprint density at radius 1 is 0.969 bits per heavy atom. The first-order chi connectivity index (χ1) is 15.4. The van der Waals surface area contributed by atoms with Gasteiger partial charge in [-0.25, -0.2) is 8.42 Å². The van der Waals surface area contributed by atoms with E-state index in [1.165, 1.54) is 24.3 Å². The van der Waals surface area contributed by atoms with E-state index in [1.807, 2.05) is 30.3 Å². The van der Waals surface area contributed by atoms with Gasteiger partial charge < -0.3 is 15.1 Å². The second kappa shape index (κ2) is 9.48. The number of carbonyl (C=O) groups excluding carboxylic acids is 2. The van der Waals surface area contributed by atoms with Crippen LogP contribution in [0.5, 0.6) is 0 Å². The van der Waals surface area contributed by atoms with Crippen molar-refractivity contribution in [2.24, 2.45) is 0 Å². The molecule has 2 fully saturated rings. The van der Waals surface area contributed by atoms with Crippen molar-refractivity contribution in [1.29, 1.82) is 0 Å². The van der Waals surface area contributed by atoms with Gasteiger partial charge in [-0.1, -0.05) is 29.8 Å². The number of carbonyl (C=O) groups is 2. The van der Waals surface area contributed by atoms with Gasteiger partial charge in [0, 0.05) is 50.0 Å². The molecule has 2 amide bonds. The summed E-state index contributed by atoms with van der Waals surface area (Å²) in [5.74, 6) is -0.680. The third kappa shape index (κ3) is 4.74. The molecule has 2 aromatic rings. The number of benzene rings is 2. The van der Waals surface area contributed by atoms with Crippen molar-refractivity contribution < 1.29 is 18.0 Å². The molecule has 2 heterocycles. The molecule has 10 heteroatoms. The Morgan fingerprint density at radius 2 is 1.62 bits per heavy atom. The number of anilines is 1. The molecule has 2 aliphatic heterocycles. The van der Waals surface area contributed by atoms with Crippen molar-refractivity contribution in [2.75, 3.05) is 44.2 Å². The minimum atomic E-state index is -3.95. The molecule has 2 aromatic carbocycles. The van der Waals surface area contributed by atoms with E-state index in [9.17, 15) is 18.0 Å². The van der Waals surface area contributed by atoms with Crippen LogP contribution < -0.4 is 10.2 Å². The Morgan fingerprint density at radius 3 is 2.28 bits per heavy atom. The lowest BCUT2D eigenvalue weighted by atomic mass is 10.1. The van der Waals surface area contributed by atoms with Crippen LogP contribution >= 0.6 is 11.6 Å². The fourth-order valence-corrected chi connectivity index (χ4v) is 5.78. The highest BCUT2D eigenvalue weighted by Crippen LogP contribution is 2.24. The second-order valence-electron chi connectivity index (χ2n) is 7.78. The van der Waals surface area contributed by atoms with Gasteiger partial charge in [0.25, 0.3) is 0 Å². The number of nitrogens with one attached hydrogen (secondary N) is 1. The van der Waals surface area contributed by atoms with Crippen molar-refractivity contribution in [2.45, 2.75) is 17.4 Å². The number of hydrogen-bond acceptors (Lipinski definition) is 5. The molecule has 0 aliphatic carbocycles. The van der Waals surface area contributed by atoms with Crippen LogP contribution in [0.15, 0.2) is 59.5 Å². The summed E-state index contributed by atoms with van der Waals surface area (Å²) in [6.45, 7) is 2.71. The number of para-hydroxylation sites is 1. The molecule has 0 unspecified atom stereocenters. The molecule has 1 N–H and O–H groups in total. The summed E-state index contributed by atoms with van der Waals surface area (Å²) >= 11 is 5.88. The van der Waals surface area contributed by atoms with Crippen molar-refractivity contribution in [3.63, 3.8) is 0 Å². The van der Waals surface area contributed by atoms with Crippen molar-refractivity contribution in [3.8, 4) is 0 Å². The Hall–Kier alpha value is -2.62. The van der Waals surface area contributed by atoms with E-state index in [0.29, 0.717) is 31.2 Å². The van der Waals surface area contributed by atoms with Crippen LogP contribution in [0.4, 0.5) is 5.69 Å². The molecule has 0 bridgehead atoms. The van der Waals surface area contributed by atoms with Gasteiger partial charge >= 0.3 is 0 Å². The lowest BCUT2D eigenvalue weighted by Crippen LogP contribution is -2.59. The topological polar surface area (TPSA) is 90.0 Å². The first kappa shape index (κ1) is 22.6. The quantitative estimate of drug-likeness (QED) is 0.707. The van der Waals surface area contributed by atoms with Gasteiger partial charge in [0.05, 0.1) is 11.3 Å². The summed E-state index contributed by atoms with van der Waals surface area (Å²) in [6.07, 6.45) is -0.190. The monoisotopic (exact) mass is 476 g/mol. The van der Waals surface area contributed by atoms with Crippen LogP contribution in [0.3, 0.4) is 0 Å². The van der Waals surface area contributed by atoms with E-state index in [4.69, 9.17) is 11.6 Å². The van der Waals surface area contributed by atoms with Gasteiger partial charge in [-0.05, 0) is 36.4 Å². The van der Waals surface area contributed by atoms with E-state index in [1.54, 1.807) is 4.90 Å². The maximum Gasteiger partial charge on any atom is 0.243 e. The number of hydrogen-bond donors (Lipinski definition) is 1. The maximum atomic E-state index is 13.2. The minimum Gasteiger partial charge on any atom is -0.368 e. The summed E-state index contributed by atoms with van der Waals surface area (Å²) in [4.78, 5) is 29.5. The summed E-state index contributed by atoms with van der Waals surface area (Å²) in [7, 11) is -3.95. The lowest BCUT2D eigenvalue weighted by molar-refractivity contribution is -0.137. The third-order valence-electron chi connectivity index (χ3n) is 5.82. The van der Waals surface area contributed by atoms with E-state index in [0.717, 1.165) is 9.99 Å². The molecule has 0 aromatic heterocycles. The van der Waals surface area contributed by atoms with Gasteiger partial charge in [-0.2, -0.15) is 4.31 Å². The highest BCUT2D eigenvalue weighted by atomic mass is 35.5. The van der Waals surface area contributed by atoms with Gasteiger partial charge in [0.1, 0.15) is 6.04 Å². The van der Waals surface area contributed by atoms with Gasteiger partial charge in [-0.3, -0.25) is 9.59 Å². The number of nitrogens with zero attached hydrogens (tertiary/aromatic N) is 3. The molecule has 1 atom stereocenters. The maximum absolute atomic E-state index is 13.2. The van der Waals surface area contributed by atoms with Crippen LogP contribution in [0.2, 0.25) is 5.02 Å². The number of piperazine rings is 2. The normalized spacial score (nSPS) is 20.2. The Balaban J connectivity index is 1.45. The van der Waals surface area contributed by atoms with Crippen LogP contribution in [0.1, 0.15) is 6.42 Å². The molecular weight excluding hydrogens is 452 g/mol. The number of halogens is 1. The van der Waals surface area contributed by atoms with Crippen molar-refractivity contribution >= 4 is 39.1 Å². The van der Waals surface area contributed by atoms with Crippen LogP contribution in [-0.4, -0.2) is 74.7 Å². The average molecular weight is 477 g/mol. The predicted molar refractivity (Wildman–Crippen MR) is 122 cm³/mol. The standard InChI is InChI=1S/C22H25ClN4O4S/c23-17-6-8-19(9-7-17)32(30,31)27-11-10-24-22(29)20(27)16-21(28)26-14-12-25(13-15-26)18-4-2-1-3-5-18/h1-9,20H,10-16H2,(H,24,29)/t20-/m0/s1. The Kier molecular flexibility index (Phi) is 6.68. The van der Waals surface area contributed by atoms with Gasteiger partial charge in [-0.15, -0.1) is 0 Å². The molecule has 0 radical (unpaired) electrons. The largest absolute Gasteiger partial charge is 0.368 e. The average Bonchev–Trinajstić information content (AvgIpc) is 2.81. The van der Waals surface area contributed by atoms with E-state index in [-0.39, 0.29) is 30.3 Å². The molecule has 8 nitrogen and oxygen atoms in total. The summed E-state index contributed by atoms with van der Waals surface area (Å²) < 4.78 is 27.5. The van der Waals surface area contributed by atoms with Crippen LogP contribution in [0.25, 0.3) is 0 Å². The Bertz CT molecular complexity index is 1070. The number of sulfonamides is 1. The van der Waals surface area contributed by atoms with E-state index >= 15 is 0 Å². The van der Waals surface area contributed by atoms with Crippen LogP contribution in [0, 0.1) is 0 Å². The zero-order valence-corrected chi connectivity index (χ0v) is 19.1. The third-order valence-corrected chi connectivity index (χ3v) is 8.00. The van der Waals surface area contributed by atoms with Crippen molar-refractivity contribution in [1.82, 2.24) is 14.5 Å². The molecule has 2 saturated heterocycles. The molecule has 0 spiro atoms. The van der Waals surface area contributed by atoms with Crippen molar-refractivity contribution in [3.05, 3.63) is 59.6 Å². The summed E-state index contributed by atoms with van der Waals surface area (Å²) in [5, 5.41) is 3.10. The zero-order valence-electron chi connectivity index (χ0n) is 17.5.